The molecule has 148 valence electrons. The molecular formula is C23H27FN2O2. The standard InChI is InChI=1S/C23H27FN2O2/c1-28-19-5-6-21(24)17(12-19)13-26-14-20(16-3-2-4-18(27)11-16)23-22(26)15-7-9-25(23)10-8-15/h2-6,11-12,15,20,22-23,27H,7-10,13-14H2,1H3/t20-,22+,23+/m1/s1. The van der Waals surface area contributed by atoms with Crippen LogP contribution in [-0.2, 0) is 6.54 Å². The van der Waals surface area contributed by atoms with Gasteiger partial charge in [0.2, 0.25) is 0 Å². The van der Waals surface area contributed by atoms with E-state index >= 15 is 0 Å². The van der Waals surface area contributed by atoms with E-state index in [4.69, 9.17) is 4.74 Å². The summed E-state index contributed by atoms with van der Waals surface area (Å²) < 4.78 is 19.8. The quantitative estimate of drug-likeness (QED) is 0.877. The second kappa shape index (κ2) is 7.05. The molecule has 4 aliphatic rings. The summed E-state index contributed by atoms with van der Waals surface area (Å²) >= 11 is 0. The molecule has 0 saturated carbocycles. The van der Waals surface area contributed by atoms with Crippen LogP contribution >= 0.6 is 0 Å². The molecule has 0 aliphatic carbocycles. The van der Waals surface area contributed by atoms with Crippen LogP contribution in [0, 0.1) is 11.7 Å². The molecule has 2 bridgehead atoms. The molecule has 4 fully saturated rings. The van der Waals surface area contributed by atoms with Gasteiger partial charge in [-0.05, 0) is 67.7 Å². The predicted molar refractivity (Wildman–Crippen MR) is 106 cm³/mol. The van der Waals surface area contributed by atoms with E-state index in [2.05, 4.69) is 15.9 Å². The van der Waals surface area contributed by atoms with Crippen LogP contribution in [0.4, 0.5) is 4.39 Å². The van der Waals surface area contributed by atoms with Crippen LogP contribution in [0.25, 0.3) is 0 Å². The van der Waals surface area contributed by atoms with Crippen LogP contribution in [-0.4, -0.2) is 53.7 Å². The molecule has 0 unspecified atom stereocenters. The summed E-state index contributed by atoms with van der Waals surface area (Å²) in [4.78, 5) is 5.11. The first-order valence-corrected chi connectivity index (χ1v) is 10.2. The Morgan fingerprint density at radius 3 is 2.68 bits per heavy atom. The molecule has 0 amide bonds. The number of phenols is 1. The number of ether oxygens (including phenoxy) is 1. The number of fused-ring (bicyclic) bond motifs is 2. The van der Waals surface area contributed by atoms with E-state index in [1.54, 1.807) is 19.2 Å². The fourth-order valence-electron chi connectivity index (χ4n) is 5.79. The minimum atomic E-state index is -0.167. The first-order valence-electron chi connectivity index (χ1n) is 10.2. The number of hydrogen-bond acceptors (Lipinski definition) is 4. The second-order valence-electron chi connectivity index (χ2n) is 8.44. The van der Waals surface area contributed by atoms with E-state index in [-0.39, 0.29) is 5.82 Å². The van der Waals surface area contributed by atoms with Gasteiger partial charge >= 0.3 is 0 Å². The van der Waals surface area contributed by atoms with Crippen molar-refractivity contribution in [3.05, 3.63) is 59.4 Å². The van der Waals surface area contributed by atoms with Gasteiger partial charge in [0.05, 0.1) is 7.11 Å². The van der Waals surface area contributed by atoms with Crippen molar-refractivity contribution in [2.24, 2.45) is 5.92 Å². The van der Waals surface area contributed by atoms with E-state index in [9.17, 15) is 9.50 Å². The Kier molecular flexibility index (Phi) is 4.52. The summed E-state index contributed by atoms with van der Waals surface area (Å²) in [6.07, 6.45) is 2.45. The summed E-state index contributed by atoms with van der Waals surface area (Å²) in [5.74, 6) is 1.87. The summed E-state index contributed by atoms with van der Waals surface area (Å²) in [5.41, 5.74) is 1.89. The molecule has 4 heterocycles. The van der Waals surface area contributed by atoms with Gasteiger partial charge < -0.3 is 9.84 Å². The second-order valence-corrected chi connectivity index (χ2v) is 8.44. The molecule has 28 heavy (non-hydrogen) atoms. The number of piperidine rings is 3. The van der Waals surface area contributed by atoms with E-state index < -0.39 is 0 Å². The van der Waals surface area contributed by atoms with Crippen LogP contribution in [0.3, 0.4) is 0 Å². The van der Waals surface area contributed by atoms with Crippen molar-refractivity contribution >= 4 is 0 Å². The van der Waals surface area contributed by atoms with Gasteiger partial charge in [-0.2, -0.15) is 0 Å². The van der Waals surface area contributed by atoms with E-state index in [1.165, 1.54) is 24.5 Å². The number of nitrogens with zero attached hydrogens (tertiary/aromatic N) is 2. The van der Waals surface area contributed by atoms with Crippen LogP contribution in [0.15, 0.2) is 42.5 Å². The topological polar surface area (TPSA) is 35.9 Å². The lowest BCUT2D eigenvalue weighted by Gasteiger charge is -2.51. The average Bonchev–Trinajstić information content (AvgIpc) is 3.12. The number of halogens is 1. The van der Waals surface area contributed by atoms with E-state index in [0.29, 0.717) is 47.5 Å². The lowest BCUT2D eigenvalue weighted by atomic mass is 9.75. The number of likely N-dealkylation sites (tertiary alicyclic amines) is 1. The van der Waals surface area contributed by atoms with Crippen molar-refractivity contribution in [2.45, 2.75) is 37.4 Å². The summed E-state index contributed by atoms with van der Waals surface area (Å²) in [6, 6.07) is 13.6. The Labute approximate surface area is 165 Å². The Morgan fingerprint density at radius 2 is 1.93 bits per heavy atom. The number of phenolic OH excluding ortho intramolecular Hbond substituents is 1. The molecule has 2 aromatic carbocycles. The Balaban J connectivity index is 1.48. The third-order valence-electron chi connectivity index (χ3n) is 7.02. The molecule has 6 rings (SSSR count). The van der Waals surface area contributed by atoms with Crippen molar-refractivity contribution in [1.29, 1.82) is 0 Å². The minimum Gasteiger partial charge on any atom is -0.508 e. The lowest BCUT2D eigenvalue weighted by molar-refractivity contribution is -0.00893. The Hall–Kier alpha value is -2.11. The summed E-state index contributed by atoms with van der Waals surface area (Å²) in [5, 5.41) is 10.0. The third-order valence-corrected chi connectivity index (χ3v) is 7.02. The van der Waals surface area contributed by atoms with Crippen LogP contribution in [0.5, 0.6) is 11.5 Å². The summed E-state index contributed by atoms with van der Waals surface area (Å²) in [6.45, 7) is 3.80. The monoisotopic (exact) mass is 382 g/mol. The molecule has 0 radical (unpaired) electrons. The normalized spacial score (nSPS) is 31.7. The van der Waals surface area contributed by atoms with E-state index in [1.807, 2.05) is 18.2 Å². The number of methoxy groups -OCH3 is 1. The van der Waals surface area contributed by atoms with Crippen LogP contribution < -0.4 is 4.74 Å². The lowest BCUT2D eigenvalue weighted by Crippen LogP contribution is -2.60. The van der Waals surface area contributed by atoms with Gasteiger partial charge in [-0.25, -0.2) is 4.39 Å². The smallest absolute Gasteiger partial charge is 0.127 e. The number of benzene rings is 2. The molecule has 0 spiro atoms. The maximum atomic E-state index is 14.5. The maximum absolute atomic E-state index is 14.5. The maximum Gasteiger partial charge on any atom is 0.127 e. The van der Waals surface area contributed by atoms with Crippen molar-refractivity contribution in [2.75, 3.05) is 26.7 Å². The van der Waals surface area contributed by atoms with Gasteiger partial charge in [-0.1, -0.05) is 12.1 Å². The SMILES string of the molecule is COc1ccc(F)c(CN2C[C@H](c3cccc(O)c3)[C@H]3[C@@H]2C2CCN3CC2)c1. The number of hydrogen-bond donors (Lipinski definition) is 1. The first kappa shape index (κ1) is 18.0. The highest BCUT2D eigenvalue weighted by molar-refractivity contribution is 5.34. The highest BCUT2D eigenvalue weighted by Gasteiger charge is 2.53. The van der Waals surface area contributed by atoms with Gasteiger partial charge in [0.15, 0.2) is 0 Å². The van der Waals surface area contributed by atoms with Gasteiger partial charge in [0, 0.05) is 36.7 Å². The Morgan fingerprint density at radius 1 is 1.11 bits per heavy atom. The molecule has 3 atom stereocenters. The van der Waals surface area contributed by atoms with Gasteiger partial charge in [0.25, 0.3) is 0 Å². The first-order chi connectivity index (χ1) is 13.6. The molecule has 1 N–H and O–H groups in total. The van der Waals surface area contributed by atoms with Gasteiger partial charge in [-0.15, -0.1) is 0 Å². The fraction of sp³-hybridized carbons (Fsp3) is 0.478. The third kappa shape index (κ3) is 2.97. The highest BCUT2D eigenvalue weighted by Crippen LogP contribution is 2.47. The number of aromatic hydroxyl groups is 1. The zero-order valence-electron chi connectivity index (χ0n) is 16.2. The molecule has 2 aromatic rings. The van der Waals surface area contributed by atoms with Crippen molar-refractivity contribution in [3.63, 3.8) is 0 Å². The molecule has 4 nitrogen and oxygen atoms in total. The molecule has 4 aliphatic heterocycles. The van der Waals surface area contributed by atoms with E-state index in [0.717, 1.165) is 19.6 Å². The predicted octanol–water partition coefficient (Wildman–Crippen LogP) is 3.60. The Bertz CT molecular complexity index is 865. The minimum absolute atomic E-state index is 0.167. The van der Waals surface area contributed by atoms with Crippen molar-refractivity contribution in [3.8, 4) is 11.5 Å². The van der Waals surface area contributed by atoms with Crippen LogP contribution in [0.1, 0.15) is 29.9 Å². The zero-order chi connectivity index (χ0) is 19.3. The van der Waals surface area contributed by atoms with Crippen molar-refractivity contribution in [1.82, 2.24) is 9.80 Å². The summed E-state index contributed by atoms with van der Waals surface area (Å²) in [7, 11) is 1.62. The average molecular weight is 382 g/mol. The molecular weight excluding hydrogens is 355 g/mol. The number of rotatable bonds is 4. The highest BCUT2D eigenvalue weighted by atomic mass is 19.1. The largest absolute Gasteiger partial charge is 0.508 e. The van der Waals surface area contributed by atoms with Crippen molar-refractivity contribution < 1.29 is 14.2 Å². The van der Waals surface area contributed by atoms with Gasteiger partial charge in [0.1, 0.15) is 17.3 Å². The fourth-order valence-corrected chi connectivity index (χ4v) is 5.79. The zero-order valence-corrected chi connectivity index (χ0v) is 16.2. The molecule has 5 heteroatoms. The molecule has 4 saturated heterocycles. The van der Waals surface area contributed by atoms with Crippen LogP contribution in [0.2, 0.25) is 0 Å². The molecule has 0 aromatic heterocycles. The van der Waals surface area contributed by atoms with Gasteiger partial charge in [-0.3, -0.25) is 9.80 Å².